The van der Waals surface area contributed by atoms with Gasteiger partial charge in [-0.2, -0.15) is 0 Å². The molecule has 0 saturated carbocycles. The molecular weight excluding hydrogens is 362 g/mol. The molecule has 1 unspecified atom stereocenters. The van der Waals surface area contributed by atoms with E-state index < -0.39 is 0 Å². The topological polar surface area (TPSA) is 63.7 Å². The molecule has 6 nitrogen and oxygen atoms in total. The normalized spacial score (nSPS) is 16.7. The van der Waals surface area contributed by atoms with Crippen molar-refractivity contribution in [1.82, 2.24) is 9.88 Å². The van der Waals surface area contributed by atoms with Crippen LogP contribution in [0.5, 0.6) is 5.75 Å². The van der Waals surface area contributed by atoms with E-state index >= 15 is 0 Å². The smallest absolute Gasteiger partial charge is 0.173 e. The maximum absolute atomic E-state index is 11.5. The minimum Gasteiger partial charge on any atom is -0.491 e. The van der Waals surface area contributed by atoms with Crippen LogP contribution in [0.25, 0.3) is 0 Å². The monoisotopic (exact) mass is 385 g/mol. The number of pyridine rings is 1. The third-order valence-electron chi connectivity index (χ3n) is 4.35. The van der Waals surface area contributed by atoms with Crippen LogP contribution in [-0.4, -0.2) is 53.2 Å². The van der Waals surface area contributed by atoms with Crippen LogP contribution in [-0.2, 0) is 4.74 Å². The van der Waals surface area contributed by atoms with Gasteiger partial charge in [-0.25, -0.2) is 0 Å². The highest BCUT2D eigenvalue weighted by molar-refractivity contribution is 7.80. The van der Waals surface area contributed by atoms with E-state index in [-0.39, 0.29) is 11.9 Å². The molecule has 2 heterocycles. The molecule has 2 aromatic rings. The summed E-state index contributed by atoms with van der Waals surface area (Å²) >= 11 is 5.50. The Morgan fingerprint density at radius 1 is 1.44 bits per heavy atom. The zero-order chi connectivity index (χ0) is 19.2. The van der Waals surface area contributed by atoms with E-state index in [2.05, 4.69) is 15.2 Å². The number of ketones is 1. The molecule has 1 aliphatic rings. The number of carbonyl (C=O) groups excluding carboxylic acids is 1. The average Bonchev–Trinajstić information content (AvgIpc) is 2.67. The summed E-state index contributed by atoms with van der Waals surface area (Å²) in [6.07, 6.45) is 3.38. The fourth-order valence-corrected chi connectivity index (χ4v) is 3.24. The van der Waals surface area contributed by atoms with Crippen LogP contribution in [0.1, 0.15) is 22.8 Å². The molecule has 1 aromatic heterocycles. The number of hydrogen-bond acceptors (Lipinski definition) is 5. The van der Waals surface area contributed by atoms with Gasteiger partial charge >= 0.3 is 0 Å². The molecule has 27 heavy (non-hydrogen) atoms. The molecule has 0 radical (unpaired) electrons. The number of aromatic nitrogens is 1. The molecule has 1 aromatic carbocycles. The van der Waals surface area contributed by atoms with Crippen molar-refractivity contribution in [3.8, 4) is 5.75 Å². The Morgan fingerprint density at radius 3 is 3.00 bits per heavy atom. The number of hydrogen-bond donors (Lipinski definition) is 1. The lowest BCUT2D eigenvalue weighted by molar-refractivity contribution is -0.0280. The number of thiocarbonyl (C=S) groups is 1. The van der Waals surface area contributed by atoms with Crippen molar-refractivity contribution in [3.63, 3.8) is 0 Å². The lowest BCUT2D eigenvalue weighted by Gasteiger charge is -2.34. The summed E-state index contributed by atoms with van der Waals surface area (Å²) < 4.78 is 11.7. The zero-order valence-electron chi connectivity index (χ0n) is 15.5. The SMILES string of the molecule is CC(=O)c1ccc(OCC2CN(C(=S)Nc3cccnc3)CCO2)cc1C. The second-order valence-corrected chi connectivity index (χ2v) is 6.84. The molecule has 0 spiro atoms. The molecule has 142 valence electrons. The lowest BCUT2D eigenvalue weighted by atomic mass is 10.1. The summed E-state index contributed by atoms with van der Waals surface area (Å²) in [5, 5.41) is 3.85. The first-order valence-electron chi connectivity index (χ1n) is 8.85. The molecule has 1 N–H and O–H groups in total. The van der Waals surface area contributed by atoms with Crippen molar-refractivity contribution in [1.29, 1.82) is 0 Å². The number of nitrogens with one attached hydrogen (secondary N) is 1. The molecule has 3 rings (SSSR count). The third-order valence-corrected chi connectivity index (χ3v) is 4.71. The van der Waals surface area contributed by atoms with Gasteiger partial charge in [-0.05, 0) is 62.0 Å². The van der Waals surface area contributed by atoms with Gasteiger partial charge in [0.1, 0.15) is 18.5 Å². The van der Waals surface area contributed by atoms with Gasteiger partial charge in [0.15, 0.2) is 10.9 Å². The zero-order valence-corrected chi connectivity index (χ0v) is 16.3. The summed E-state index contributed by atoms with van der Waals surface area (Å²) in [5.74, 6) is 0.786. The largest absolute Gasteiger partial charge is 0.491 e. The van der Waals surface area contributed by atoms with E-state index in [1.54, 1.807) is 25.4 Å². The molecule has 0 amide bonds. The number of morpholine rings is 1. The molecule has 0 bridgehead atoms. The van der Waals surface area contributed by atoms with Crippen LogP contribution in [0.15, 0.2) is 42.7 Å². The van der Waals surface area contributed by atoms with Crippen LogP contribution < -0.4 is 10.1 Å². The van der Waals surface area contributed by atoms with Crippen molar-refractivity contribution < 1.29 is 14.3 Å². The van der Waals surface area contributed by atoms with E-state index in [9.17, 15) is 4.79 Å². The third kappa shape index (κ3) is 5.24. The van der Waals surface area contributed by atoms with Crippen molar-refractivity contribution in [2.75, 3.05) is 31.6 Å². The van der Waals surface area contributed by atoms with Crippen LogP contribution in [0.2, 0.25) is 0 Å². The number of carbonyl (C=O) groups is 1. The van der Waals surface area contributed by atoms with E-state index in [0.29, 0.717) is 30.4 Å². The van der Waals surface area contributed by atoms with Crippen molar-refractivity contribution in [2.45, 2.75) is 20.0 Å². The van der Waals surface area contributed by atoms with Crippen LogP contribution in [0.3, 0.4) is 0 Å². The summed E-state index contributed by atoms with van der Waals surface area (Å²) in [5.41, 5.74) is 2.49. The van der Waals surface area contributed by atoms with Crippen molar-refractivity contribution in [2.24, 2.45) is 0 Å². The number of Topliss-reactive ketones (excluding diaryl/α,β-unsaturated/α-hetero) is 1. The Morgan fingerprint density at radius 2 is 2.30 bits per heavy atom. The minimum atomic E-state index is -0.0832. The van der Waals surface area contributed by atoms with Gasteiger partial charge in [0.05, 0.1) is 18.5 Å². The molecule has 0 aliphatic carbocycles. The quantitative estimate of drug-likeness (QED) is 0.627. The van der Waals surface area contributed by atoms with E-state index in [1.807, 2.05) is 31.2 Å². The second-order valence-electron chi connectivity index (χ2n) is 6.45. The Bertz CT molecular complexity index is 813. The Labute approximate surface area is 164 Å². The highest BCUT2D eigenvalue weighted by Gasteiger charge is 2.23. The van der Waals surface area contributed by atoms with E-state index in [1.165, 1.54) is 0 Å². The molecular formula is C20H23N3O3S. The van der Waals surface area contributed by atoms with Crippen molar-refractivity contribution in [3.05, 3.63) is 53.9 Å². The van der Waals surface area contributed by atoms with Gasteiger partial charge in [-0.3, -0.25) is 9.78 Å². The van der Waals surface area contributed by atoms with E-state index in [0.717, 1.165) is 23.5 Å². The van der Waals surface area contributed by atoms with Gasteiger partial charge in [0, 0.05) is 24.8 Å². The fourth-order valence-electron chi connectivity index (χ4n) is 2.95. The Hall–Kier alpha value is -2.51. The predicted octanol–water partition coefficient (Wildman–Crippen LogP) is 3.07. The summed E-state index contributed by atoms with van der Waals surface area (Å²) in [4.78, 5) is 17.7. The molecule has 1 fully saturated rings. The highest BCUT2D eigenvalue weighted by Crippen LogP contribution is 2.19. The van der Waals surface area contributed by atoms with Crippen molar-refractivity contribution >= 4 is 28.8 Å². The number of ether oxygens (including phenoxy) is 2. The Kier molecular flexibility index (Phi) is 6.36. The average molecular weight is 385 g/mol. The number of anilines is 1. The number of aryl methyl sites for hydroxylation is 1. The van der Waals surface area contributed by atoms with Crippen LogP contribution in [0, 0.1) is 6.92 Å². The van der Waals surface area contributed by atoms with Gasteiger partial charge in [-0.15, -0.1) is 0 Å². The van der Waals surface area contributed by atoms with Gasteiger partial charge < -0.3 is 19.7 Å². The Balaban J connectivity index is 1.53. The first-order valence-corrected chi connectivity index (χ1v) is 9.25. The number of rotatable bonds is 5. The predicted molar refractivity (Wildman–Crippen MR) is 108 cm³/mol. The summed E-state index contributed by atoms with van der Waals surface area (Å²) in [6.45, 7) is 5.86. The summed E-state index contributed by atoms with van der Waals surface area (Å²) in [7, 11) is 0. The molecule has 1 aliphatic heterocycles. The maximum Gasteiger partial charge on any atom is 0.173 e. The molecule has 7 heteroatoms. The summed E-state index contributed by atoms with van der Waals surface area (Å²) in [6, 6.07) is 9.28. The highest BCUT2D eigenvalue weighted by atomic mass is 32.1. The van der Waals surface area contributed by atoms with Crippen LogP contribution >= 0.6 is 12.2 Å². The first kappa shape index (κ1) is 19.3. The van der Waals surface area contributed by atoms with Crippen LogP contribution in [0.4, 0.5) is 5.69 Å². The number of nitrogens with zero attached hydrogens (tertiary/aromatic N) is 2. The van der Waals surface area contributed by atoms with Gasteiger partial charge in [0.2, 0.25) is 0 Å². The van der Waals surface area contributed by atoms with E-state index in [4.69, 9.17) is 21.7 Å². The fraction of sp³-hybridized carbons (Fsp3) is 0.350. The lowest BCUT2D eigenvalue weighted by Crippen LogP contribution is -2.49. The standard InChI is InChI=1S/C20H23N3O3S/c1-14-10-17(5-6-19(14)15(2)24)26-13-18-12-23(8-9-25-18)20(27)22-16-4-3-7-21-11-16/h3-7,10-11,18H,8-9,12-13H2,1-2H3,(H,22,27). The first-order chi connectivity index (χ1) is 13.0. The second kappa shape index (κ2) is 8.92. The molecule has 1 atom stereocenters. The maximum atomic E-state index is 11.5. The minimum absolute atomic E-state index is 0.0555. The van der Waals surface area contributed by atoms with Gasteiger partial charge in [-0.1, -0.05) is 0 Å². The number of benzene rings is 1. The van der Waals surface area contributed by atoms with Gasteiger partial charge in [0.25, 0.3) is 0 Å². The molecule has 1 saturated heterocycles.